The van der Waals surface area contributed by atoms with Gasteiger partial charge in [0, 0.05) is 11.4 Å². The standard InChI is InChI=1S/C24H21N5O5S/c1-16-25-21-10-6-5-9-20(21)23(31)29(16)15-22(30)26-18-11-13-19(14-12-18)35(33,34)28-24(32)27-17-7-3-2-4-8-17/h2-14H,15H2,1H3,(H,26,30)(H2,27,28,32). The van der Waals surface area contributed by atoms with E-state index in [1.807, 2.05) is 4.72 Å². The highest BCUT2D eigenvalue weighted by Gasteiger charge is 2.18. The Bertz CT molecular complexity index is 1570. The lowest BCUT2D eigenvalue weighted by atomic mass is 10.2. The molecule has 3 N–H and O–H groups in total. The van der Waals surface area contributed by atoms with Gasteiger partial charge in [0.15, 0.2) is 0 Å². The average Bonchev–Trinajstić information content (AvgIpc) is 2.82. The van der Waals surface area contributed by atoms with Crippen molar-refractivity contribution >= 4 is 44.2 Å². The molecule has 0 radical (unpaired) electrons. The Kier molecular flexibility index (Phi) is 6.60. The molecule has 0 fully saturated rings. The number of urea groups is 1. The van der Waals surface area contributed by atoms with E-state index in [1.165, 1.54) is 28.8 Å². The van der Waals surface area contributed by atoms with Crippen LogP contribution in [0.5, 0.6) is 0 Å². The van der Waals surface area contributed by atoms with E-state index in [4.69, 9.17) is 0 Å². The fraction of sp³-hybridized carbons (Fsp3) is 0.0833. The second kappa shape index (κ2) is 9.77. The fourth-order valence-corrected chi connectivity index (χ4v) is 4.29. The number of sulfonamides is 1. The van der Waals surface area contributed by atoms with Crippen molar-refractivity contribution in [3.8, 4) is 0 Å². The maximum absolute atomic E-state index is 12.7. The molecular formula is C24H21N5O5S. The third-order valence-electron chi connectivity index (χ3n) is 5.06. The minimum Gasteiger partial charge on any atom is -0.325 e. The van der Waals surface area contributed by atoms with Gasteiger partial charge in [-0.1, -0.05) is 30.3 Å². The number of fused-ring (bicyclic) bond motifs is 1. The zero-order valence-corrected chi connectivity index (χ0v) is 19.4. The summed E-state index contributed by atoms with van der Waals surface area (Å²) in [7, 11) is -4.13. The quantitative estimate of drug-likeness (QED) is 0.379. The lowest BCUT2D eigenvalue weighted by Crippen LogP contribution is -2.34. The minimum atomic E-state index is -4.13. The highest BCUT2D eigenvalue weighted by Crippen LogP contribution is 2.15. The SMILES string of the molecule is Cc1nc2ccccc2c(=O)n1CC(=O)Nc1ccc(S(=O)(=O)NC(=O)Nc2ccccc2)cc1. The molecule has 0 saturated heterocycles. The number of aromatic nitrogens is 2. The van der Waals surface area contributed by atoms with Crippen LogP contribution in [0.25, 0.3) is 10.9 Å². The van der Waals surface area contributed by atoms with Gasteiger partial charge in [-0.3, -0.25) is 14.2 Å². The minimum absolute atomic E-state index is 0.162. The fourth-order valence-electron chi connectivity index (χ4n) is 3.39. The number of nitrogens with one attached hydrogen (secondary N) is 3. The van der Waals surface area contributed by atoms with Gasteiger partial charge in [-0.2, -0.15) is 0 Å². The van der Waals surface area contributed by atoms with Crippen molar-refractivity contribution < 1.29 is 18.0 Å². The molecule has 10 nitrogen and oxygen atoms in total. The van der Waals surface area contributed by atoms with Gasteiger partial charge in [0.2, 0.25) is 5.91 Å². The summed E-state index contributed by atoms with van der Waals surface area (Å²) >= 11 is 0. The average molecular weight is 492 g/mol. The summed E-state index contributed by atoms with van der Waals surface area (Å²) in [5.41, 5.74) is 0.982. The van der Waals surface area contributed by atoms with Crippen molar-refractivity contribution in [3.63, 3.8) is 0 Å². The number of carbonyl (C=O) groups excluding carboxylic acids is 2. The van der Waals surface area contributed by atoms with E-state index in [2.05, 4.69) is 15.6 Å². The first-order chi connectivity index (χ1) is 16.7. The van der Waals surface area contributed by atoms with Gasteiger partial charge in [-0.15, -0.1) is 0 Å². The Morgan fingerprint density at radius 2 is 1.49 bits per heavy atom. The number of anilines is 2. The summed E-state index contributed by atoms with van der Waals surface area (Å²) in [4.78, 5) is 41.5. The van der Waals surface area contributed by atoms with Crippen molar-refractivity contribution in [1.82, 2.24) is 14.3 Å². The van der Waals surface area contributed by atoms with E-state index in [-0.39, 0.29) is 17.0 Å². The van der Waals surface area contributed by atoms with E-state index < -0.39 is 22.0 Å². The van der Waals surface area contributed by atoms with Crippen LogP contribution >= 0.6 is 0 Å². The molecule has 0 unspecified atom stereocenters. The molecule has 1 aromatic heterocycles. The van der Waals surface area contributed by atoms with Gasteiger partial charge >= 0.3 is 6.03 Å². The summed E-state index contributed by atoms with van der Waals surface area (Å²) < 4.78 is 28.2. The van der Waals surface area contributed by atoms with Gasteiger partial charge in [-0.05, 0) is 55.5 Å². The van der Waals surface area contributed by atoms with Crippen molar-refractivity contribution in [2.75, 3.05) is 10.6 Å². The van der Waals surface area contributed by atoms with Crippen molar-refractivity contribution in [1.29, 1.82) is 0 Å². The summed E-state index contributed by atoms with van der Waals surface area (Å²) in [6.45, 7) is 1.38. The molecule has 4 aromatic rings. The van der Waals surface area contributed by atoms with Crippen molar-refractivity contribution in [2.24, 2.45) is 0 Å². The first kappa shape index (κ1) is 23.6. The highest BCUT2D eigenvalue weighted by atomic mass is 32.2. The van der Waals surface area contributed by atoms with Crippen LogP contribution in [-0.4, -0.2) is 29.9 Å². The highest BCUT2D eigenvalue weighted by molar-refractivity contribution is 7.90. The topological polar surface area (TPSA) is 139 Å². The van der Waals surface area contributed by atoms with Gasteiger partial charge in [0.25, 0.3) is 15.6 Å². The summed E-state index contributed by atoms with van der Waals surface area (Å²) in [6, 6.07) is 19.6. The number of nitrogens with zero attached hydrogens (tertiary/aromatic N) is 2. The van der Waals surface area contributed by atoms with Crippen LogP contribution in [0.4, 0.5) is 16.2 Å². The Morgan fingerprint density at radius 1 is 0.857 bits per heavy atom. The van der Waals surface area contributed by atoms with Gasteiger partial charge in [-0.25, -0.2) is 22.9 Å². The molecule has 0 spiro atoms. The van der Waals surface area contributed by atoms with E-state index in [9.17, 15) is 22.8 Å². The summed E-state index contributed by atoms with van der Waals surface area (Å²) in [5.74, 6) is -0.0894. The van der Waals surface area contributed by atoms with E-state index >= 15 is 0 Å². The number of hydrogen-bond donors (Lipinski definition) is 3. The van der Waals surface area contributed by atoms with E-state index in [1.54, 1.807) is 61.5 Å². The van der Waals surface area contributed by atoms with Crippen LogP contribution in [0, 0.1) is 6.92 Å². The van der Waals surface area contributed by atoms with Gasteiger partial charge in [0.05, 0.1) is 15.8 Å². The first-order valence-corrected chi connectivity index (χ1v) is 12.0. The lowest BCUT2D eigenvalue weighted by molar-refractivity contribution is -0.116. The zero-order valence-electron chi connectivity index (χ0n) is 18.6. The zero-order chi connectivity index (χ0) is 25.0. The van der Waals surface area contributed by atoms with Crippen LogP contribution in [0.1, 0.15) is 5.82 Å². The Hall–Kier alpha value is -4.51. The van der Waals surface area contributed by atoms with Gasteiger partial charge in [0.1, 0.15) is 12.4 Å². The Morgan fingerprint density at radius 3 is 2.20 bits per heavy atom. The molecule has 178 valence electrons. The molecule has 35 heavy (non-hydrogen) atoms. The number of rotatable bonds is 6. The monoisotopic (exact) mass is 491 g/mol. The van der Waals surface area contributed by atoms with E-state index in [0.717, 1.165) is 0 Å². The number of carbonyl (C=O) groups is 2. The van der Waals surface area contributed by atoms with Crippen LogP contribution in [0.15, 0.2) is 88.6 Å². The Labute approximate surface area is 200 Å². The third-order valence-corrected chi connectivity index (χ3v) is 6.41. The second-order valence-electron chi connectivity index (χ2n) is 7.57. The Balaban J connectivity index is 1.42. The molecule has 1 heterocycles. The maximum atomic E-state index is 12.7. The number of para-hydroxylation sites is 2. The second-order valence-corrected chi connectivity index (χ2v) is 9.25. The van der Waals surface area contributed by atoms with Crippen LogP contribution < -0.4 is 20.9 Å². The normalized spacial score (nSPS) is 11.1. The van der Waals surface area contributed by atoms with Crippen LogP contribution in [0.2, 0.25) is 0 Å². The third kappa shape index (κ3) is 5.53. The predicted molar refractivity (Wildman–Crippen MR) is 132 cm³/mol. The number of benzene rings is 3. The number of hydrogen-bond acceptors (Lipinski definition) is 6. The molecule has 0 aliphatic heterocycles. The molecule has 0 aliphatic rings. The molecule has 4 rings (SSSR count). The predicted octanol–water partition coefficient (Wildman–Crippen LogP) is 2.85. The lowest BCUT2D eigenvalue weighted by Gasteiger charge is -2.12. The van der Waals surface area contributed by atoms with Crippen molar-refractivity contribution in [2.45, 2.75) is 18.4 Å². The molecular weight excluding hydrogens is 470 g/mol. The van der Waals surface area contributed by atoms with E-state index in [0.29, 0.717) is 28.1 Å². The van der Waals surface area contributed by atoms with Gasteiger partial charge < -0.3 is 10.6 Å². The number of amides is 3. The number of aryl methyl sites for hydroxylation is 1. The van der Waals surface area contributed by atoms with Crippen LogP contribution in [0.3, 0.4) is 0 Å². The summed E-state index contributed by atoms with van der Waals surface area (Å²) in [5, 5.41) is 5.46. The largest absolute Gasteiger partial charge is 0.333 e. The van der Waals surface area contributed by atoms with Crippen LogP contribution in [-0.2, 0) is 21.4 Å². The molecule has 0 saturated carbocycles. The molecule has 11 heteroatoms. The molecule has 3 amide bonds. The molecule has 3 aromatic carbocycles. The molecule has 0 aliphatic carbocycles. The molecule has 0 atom stereocenters. The maximum Gasteiger partial charge on any atom is 0.333 e. The molecule has 0 bridgehead atoms. The van der Waals surface area contributed by atoms with Crippen molar-refractivity contribution in [3.05, 3.63) is 95.0 Å². The summed E-state index contributed by atoms with van der Waals surface area (Å²) in [6.07, 6.45) is 0. The smallest absolute Gasteiger partial charge is 0.325 e. The first-order valence-electron chi connectivity index (χ1n) is 10.5.